The van der Waals surface area contributed by atoms with E-state index in [0.717, 1.165) is 25.9 Å². The molecule has 3 N–H and O–H groups in total. The quantitative estimate of drug-likeness (QED) is 0.585. The Hall–Kier alpha value is -0.610. The highest BCUT2D eigenvalue weighted by molar-refractivity contribution is 5.78. The highest BCUT2D eigenvalue weighted by atomic mass is 16.3. The number of aliphatic hydroxyl groups excluding tert-OH is 1. The fourth-order valence-corrected chi connectivity index (χ4v) is 1.57. The van der Waals surface area contributed by atoms with Gasteiger partial charge in [-0.25, -0.2) is 0 Å². The van der Waals surface area contributed by atoms with Crippen molar-refractivity contribution >= 4 is 5.91 Å². The Labute approximate surface area is 85.1 Å². The van der Waals surface area contributed by atoms with Crippen molar-refractivity contribution in [1.82, 2.24) is 10.6 Å². The topological polar surface area (TPSA) is 61.4 Å². The summed E-state index contributed by atoms with van der Waals surface area (Å²) in [6.07, 6.45) is 1.86. The fourth-order valence-electron chi connectivity index (χ4n) is 1.57. The van der Waals surface area contributed by atoms with Gasteiger partial charge in [-0.2, -0.15) is 0 Å². The summed E-state index contributed by atoms with van der Waals surface area (Å²) in [6.45, 7) is 4.51. The molecule has 4 nitrogen and oxygen atoms in total. The molecule has 4 heteroatoms. The molecule has 1 aliphatic rings. The molecule has 1 unspecified atom stereocenters. The second kappa shape index (κ2) is 5.98. The smallest absolute Gasteiger partial charge is 0.223 e. The number of nitrogens with one attached hydrogen (secondary N) is 2. The lowest BCUT2D eigenvalue weighted by Crippen LogP contribution is -2.39. The zero-order valence-corrected chi connectivity index (χ0v) is 8.75. The van der Waals surface area contributed by atoms with E-state index in [1.165, 1.54) is 0 Å². The van der Waals surface area contributed by atoms with Crippen molar-refractivity contribution in [2.75, 3.05) is 26.2 Å². The van der Waals surface area contributed by atoms with E-state index in [9.17, 15) is 4.79 Å². The molecule has 0 aliphatic carbocycles. The monoisotopic (exact) mass is 200 g/mol. The number of hydrogen-bond donors (Lipinski definition) is 3. The van der Waals surface area contributed by atoms with Crippen molar-refractivity contribution in [3.8, 4) is 0 Å². The predicted molar refractivity (Wildman–Crippen MR) is 54.9 cm³/mol. The van der Waals surface area contributed by atoms with Crippen LogP contribution in [0.15, 0.2) is 0 Å². The van der Waals surface area contributed by atoms with Gasteiger partial charge in [0.15, 0.2) is 0 Å². The average Bonchev–Trinajstić information content (AvgIpc) is 2.26. The molecule has 1 aliphatic heterocycles. The third-order valence-electron chi connectivity index (χ3n) is 2.65. The molecule has 1 atom stereocenters. The van der Waals surface area contributed by atoms with Gasteiger partial charge in [-0.1, -0.05) is 6.92 Å². The first-order valence-corrected chi connectivity index (χ1v) is 5.33. The summed E-state index contributed by atoms with van der Waals surface area (Å²) in [7, 11) is 0. The number of carbonyl (C=O) groups excluding carboxylic acids is 1. The summed E-state index contributed by atoms with van der Waals surface area (Å²) < 4.78 is 0. The Morgan fingerprint density at radius 2 is 2.21 bits per heavy atom. The van der Waals surface area contributed by atoms with Crippen LogP contribution in [0.4, 0.5) is 0 Å². The van der Waals surface area contributed by atoms with Crippen molar-refractivity contribution < 1.29 is 9.90 Å². The summed E-state index contributed by atoms with van der Waals surface area (Å²) in [6, 6.07) is 0. The number of hydrogen-bond acceptors (Lipinski definition) is 3. The average molecular weight is 200 g/mol. The van der Waals surface area contributed by atoms with Crippen LogP contribution in [0.5, 0.6) is 0 Å². The number of carbonyl (C=O) groups is 1. The highest BCUT2D eigenvalue weighted by Crippen LogP contribution is 2.11. The Kier molecular flexibility index (Phi) is 4.90. The van der Waals surface area contributed by atoms with Gasteiger partial charge in [0.05, 0.1) is 0 Å². The molecule has 0 bridgehead atoms. The summed E-state index contributed by atoms with van der Waals surface area (Å²) in [5.41, 5.74) is 0. The van der Waals surface area contributed by atoms with E-state index >= 15 is 0 Å². The van der Waals surface area contributed by atoms with Crippen LogP contribution in [-0.4, -0.2) is 37.3 Å². The van der Waals surface area contributed by atoms with E-state index in [-0.39, 0.29) is 24.3 Å². The van der Waals surface area contributed by atoms with Crippen molar-refractivity contribution in [1.29, 1.82) is 0 Å². The van der Waals surface area contributed by atoms with Gasteiger partial charge in [0.1, 0.15) is 0 Å². The molecule has 0 aromatic rings. The van der Waals surface area contributed by atoms with Gasteiger partial charge in [-0.05, 0) is 31.8 Å². The molecule has 1 heterocycles. The van der Waals surface area contributed by atoms with E-state index < -0.39 is 0 Å². The third-order valence-corrected chi connectivity index (χ3v) is 2.65. The zero-order valence-electron chi connectivity index (χ0n) is 8.75. The summed E-state index contributed by atoms with van der Waals surface area (Å²) in [4.78, 5) is 11.6. The maximum absolute atomic E-state index is 11.6. The van der Waals surface area contributed by atoms with Crippen molar-refractivity contribution in [2.24, 2.45) is 11.8 Å². The molecule has 0 saturated carbocycles. The molecule has 0 radical (unpaired) electrons. The van der Waals surface area contributed by atoms with E-state index in [4.69, 9.17) is 5.11 Å². The number of piperidine rings is 1. The molecule has 14 heavy (non-hydrogen) atoms. The maximum atomic E-state index is 11.6. The minimum Gasteiger partial charge on any atom is -0.396 e. The minimum atomic E-state index is 0.131. The van der Waals surface area contributed by atoms with Crippen LogP contribution in [0.25, 0.3) is 0 Å². The largest absolute Gasteiger partial charge is 0.396 e. The van der Waals surface area contributed by atoms with Crippen molar-refractivity contribution in [3.63, 3.8) is 0 Å². The molecular weight excluding hydrogens is 180 g/mol. The Balaban J connectivity index is 2.19. The van der Waals surface area contributed by atoms with Crippen LogP contribution in [0, 0.1) is 11.8 Å². The fraction of sp³-hybridized carbons (Fsp3) is 0.900. The predicted octanol–water partition coefficient (Wildman–Crippen LogP) is -0.269. The van der Waals surface area contributed by atoms with Gasteiger partial charge in [0.2, 0.25) is 5.91 Å². The van der Waals surface area contributed by atoms with E-state index in [1.54, 1.807) is 0 Å². The van der Waals surface area contributed by atoms with Gasteiger partial charge in [0.25, 0.3) is 0 Å². The van der Waals surface area contributed by atoms with Crippen LogP contribution in [0.1, 0.15) is 19.8 Å². The normalized spacial score (nSPS) is 20.4. The first kappa shape index (κ1) is 11.5. The van der Waals surface area contributed by atoms with Gasteiger partial charge in [-0.15, -0.1) is 0 Å². The van der Waals surface area contributed by atoms with Crippen LogP contribution in [0.2, 0.25) is 0 Å². The maximum Gasteiger partial charge on any atom is 0.223 e. The van der Waals surface area contributed by atoms with Crippen molar-refractivity contribution in [2.45, 2.75) is 19.8 Å². The lowest BCUT2D eigenvalue weighted by molar-refractivity contribution is -0.125. The Morgan fingerprint density at radius 3 is 2.79 bits per heavy atom. The summed E-state index contributed by atoms with van der Waals surface area (Å²) in [5.74, 6) is 0.467. The van der Waals surface area contributed by atoms with Gasteiger partial charge < -0.3 is 15.7 Å². The zero-order chi connectivity index (χ0) is 10.4. The molecule has 0 aromatic heterocycles. The molecule has 0 spiro atoms. The summed E-state index contributed by atoms with van der Waals surface area (Å²) in [5, 5.41) is 14.9. The van der Waals surface area contributed by atoms with Gasteiger partial charge in [0, 0.05) is 19.1 Å². The molecule has 82 valence electrons. The molecule has 1 amide bonds. The number of rotatable bonds is 4. The lowest BCUT2D eigenvalue weighted by Gasteiger charge is -2.22. The third kappa shape index (κ3) is 3.64. The highest BCUT2D eigenvalue weighted by Gasteiger charge is 2.20. The lowest BCUT2D eigenvalue weighted by atomic mass is 9.97. The molecule has 1 saturated heterocycles. The number of aliphatic hydroxyl groups is 1. The molecule has 0 aromatic carbocycles. The van der Waals surface area contributed by atoms with Crippen molar-refractivity contribution in [3.05, 3.63) is 0 Å². The Bertz CT molecular complexity index is 179. The minimum absolute atomic E-state index is 0.131. The van der Waals surface area contributed by atoms with E-state index in [2.05, 4.69) is 10.6 Å². The van der Waals surface area contributed by atoms with Crippen LogP contribution in [-0.2, 0) is 4.79 Å². The first-order valence-electron chi connectivity index (χ1n) is 5.33. The van der Waals surface area contributed by atoms with Crippen LogP contribution in [0.3, 0.4) is 0 Å². The molecule has 1 fully saturated rings. The van der Waals surface area contributed by atoms with E-state index in [1.807, 2.05) is 6.92 Å². The van der Waals surface area contributed by atoms with Crippen LogP contribution < -0.4 is 10.6 Å². The SMILES string of the molecule is CC(CO)CNC(=O)C1CCNCC1. The summed E-state index contributed by atoms with van der Waals surface area (Å²) >= 11 is 0. The first-order chi connectivity index (χ1) is 6.74. The molecule has 1 rings (SSSR count). The van der Waals surface area contributed by atoms with Crippen LogP contribution >= 0.6 is 0 Å². The van der Waals surface area contributed by atoms with E-state index in [0.29, 0.717) is 6.54 Å². The van der Waals surface area contributed by atoms with Gasteiger partial charge in [-0.3, -0.25) is 4.79 Å². The Morgan fingerprint density at radius 1 is 1.57 bits per heavy atom. The molecular formula is C10H20N2O2. The standard InChI is InChI=1S/C10H20N2O2/c1-8(7-13)6-12-10(14)9-2-4-11-5-3-9/h8-9,11,13H,2-7H2,1H3,(H,12,14). The second-order valence-corrected chi connectivity index (χ2v) is 4.06. The number of amides is 1. The van der Waals surface area contributed by atoms with Gasteiger partial charge >= 0.3 is 0 Å². The second-order valence-electron chi connectivity index (χ2n) is 4.06.